The number of ether oxygens (including phenoxy) is 4. The summed E-state index contributed by atoms with van der Waals surface area (Å²) >= 11 is 0. The number of aromatic nitrogens is 1. The molecular weight excluding hydrogens is 422 g/mol. The highest BCUT2D eigenvalue weighted by atomic mass is 16.6. The molecule has 1 heterocycles. The van der Waals surface area contributed by atoms with E-state index in [-0.39, 0.29) is 6.09 Å². The van der Waals surface area contributed by atoms with Crippen LogP contribution in [0.5, 0.6) is 5.88 Å². The van der Waals surface area contributed by atoms with Crippen LogP contribution in [0.1, 0.15) is 31.9 Å². The first-order valence-corrected chi connectivity index (χ1v) is 11.0. The van der Waals surface area contributed by atoms with Crippen LogP contribution in [0.3, 0.4) is 0 Å². The van der Waals surface area contributed by atoms with E-state index in [9.17, 15) is 4.79 Å². The van der Waals surface area contributed by atoms with Crippen LogP contribution in [-0.4, -0.2) is 63.3 Å². The van der Waals surface area contributed by atoms with Gasteiger partial charge >= 0.3 is 6.09 Å². The molecule has 0 saturated carbocycles. The van der Waals surface area contributed by atoms with Gasteiger partial charge in [0.1, 0.15) is 12.2 Å². The highest BCUT2D eigenvalue weighted by molar-refractivity contribution is 5.87. The number of amides is 1. The number of nitrogens with two attached hydrogens (primary N) is 1. The summed E-state index contributed by atoms with van der Waals surface area (Å²) in [6.07, 6.45) is 5.31. The number of nitrogens with zero attached hydrogens (tertiary/aromatic N) is 2. The summed E-state index contributed by atoms with van der Waals surface area (Å²) in [5.74, 6) is 0.546. The Balaban J connectivity index is 1.77. The second kappa shape index (κ2) is 13.6. The summed E-state index contributed by atoms with van der Waals surface area (Å²) in [5.41, 5.74) is 7.52. The lowest BCUT2D eigenvalue weighted by molar-refractivity contribution is 0.0382. The molecule has 8 heteroatoms. The van der Waals surface area contributed by atoms with Gasteiger partial charge in [-0.05, 0) is 50.1 Å². The lowest BCUT2D eigenvalue weighted by Gasteiger charge is -2.24. The number of anilines is 1. The Bertz CT molecular complexity index is 861. The van der Waals surface area contributed by atoms with Crippen molar-refractivity contribution in [2.45, 2.75) is 26.4 Å². The maximum absolute atomic E-state index is 12.2. The minimum Gasteiger partial charge on any atom is -0.475 e. The van der Waals surface area contributed by atoms with Crippen LogP contribution < -0.4 is 15.4 Å². The van der Waals surface area contributed by atoms with Gasteiger partial charge in [-0.2, -0.15) is 0 Å². The highest BCUT2D eigenvalue weighted by Gasteiger charge is 2.20. The van der Waals surface area contributed by atoms with Gasteiger partial charge in [-0.25, -0.2) is 9.78 Å². The van der Waals surface area contributed by atoms with Crippen molar-refractivity contribution in [3.05, 3.63) is 53.7 Å². The fourth-order valence-electron chi connectivity index (χ4n) is 2.62. The third kappa shape index (κ3) is 10.5. The monoisotopic (exact) mass is 457 g/mol. The zero-order valence-electron chi connectivity index (χ0n) is 20.0. The third-order valence-corrected chi connectivity index (χ3v) is 4.29. The number of carbonyl (C=O) groups excluding carboxylic acids is 1. The molecule has 1 aromatic heterocycles. The zero-order chi connectivity index (χ0) is 24.1. The first kappa shape index (κ1) is 26.3. The van der Waals surface area contributed by atoms with Crippen LogP contribution >= 0.6 is 0 Å². The number of hydrogen-bond donors (Lipinski definition) is 1. The van der Waals surface area contributed by atoms with Crippen molar-refractivity contribution < 1.29 is 23.7 Å². The number of hydrogen-bond acceptors (Lipinski definition) is 7. The molecule has 1 aromatic carbocycles. The summed E-state index contributed by atoms with van der Waals surface area (Å²) in [4.78, 5) is 18.0. The van der Waals surface area contributed by atoms with Crippen molar-refractivity contribution in [2.24, 2.45) is 5.73 Å². The van der Waals surface area contributed by atoms with Gasteiger partial charge in [0.25, 0.3) is 0 Å². The average Bonchev–Trinajstić information content (AvgIpc) is 2.79. The molecule has 0 saturated heterocycles. The predicted molar refractivity (Wildman–Crippen MR) is 130 cm³/mol. The minimum atomic E-state index is -0.532. The van der Waals surface area contributed by atoms with Crippen molar-refractivity contribution in [2.75, 3.05) is 51.5 Å². The molecule has 2 aromatic rings. The molecule has 0 unspecified atom stereocenters. The molecule has 0 spiro atoms. The first-order valence-electron chi connectivity index (χ1n) is 11.0. The maximum Gasteiger partial charge on any atom is 0.414 e. The molecule has 2 rings (SSSR count). The fraction of sp³-hybridized carbons (Fsp3) is 0.440. The fourth-order valence-corrected chi connectivity index (χ4v) is 2.62. The topological polar surface area (TPSA) is 96.1 Å². The van der Waals surface area contributed by atoms with Crippen LogP contribution in [0.4, 0.5) is 10.5 Å². The molecule has 0 fully saturated rings. The number of pyridine rings is 1. The Hall–Kier alpha value is -2.94. The van der Waals surface area contributed by atoms with E-state index < -0.39 is 5.60 Å². The highest BCUT2D eigenvalue weighted by Crippen LogP contribution is 2.19. The Morgan fingerprint density at radius 1 is 0.939 bits per heavy atom. The lowest BCUT2D eigenvalue weighted by Crippen LogP contribution is -2.34. The number of carbonyl (C=O) groups is 1. The average molecular weight is 458 g/mol. The van der Waals surface area contributed by atoms with Gasteiger partial charge in [0.15, 0.2) is 0 Å². The quantitative estimate of drug-likeness (QED) is 0.481. The number of benzene rings is 1. The predicted octanol–water partition coefficient (Wildman–Crippen LogP) is 3.99. The SMILES string of the molecule is CN(C(=O)OC(C)(C)C)c1ccc(/C=C/c2ccc(OCCOCCOCCN)nc2)cc1. The van der Waals surface area contributed by atoms with E-state index in [1.165, 1.54) is 4.90 Å². The normalized spacial score (nSPS) is 11.5. The molecule has 33 heavy (non-hydrogen) atoms. The van der Waals surface area contributed by atoms with E-state index in [0.717, 1.165) is 16.8 Å². The van der Waals surface area contributed by atoms with E-state index in [1.54, 1.807) is 13.2 Å². The van der Waals surface area contributed by atoms with E-state index in [2.05, 4.69) is 4.98 Å². The van der Waals surface area contributed by atoms with Crippen LogP contribution in [0.25, 0.3) is 12.2 Å². The summed E-state index contributed by atoms with van der Waals surface area (Å²) in [6, 6.07) is 11.4. The molecule has 0 bridgehead atoms. The lowest BCUT2D eigenvalue weighted by atomic mass is 10.1. The largest absolute Gasteiger partial charge is 0.475 e. The van der Waals surface area contributed by atoms with E-state index in [1.807, 2.05) is 69.3 Å². The molecule has 2 N–H and O–H groups in total. The van der Waals surface area contributed by atoms with E-state index >= 15 is 0 Å². The van der Waals surface area contributed by atoms with Gasteiger partial charge in [-0.1, -0.05) is 24.3 Å². The molecule has 0 aliphatic heterocycles. The van der Waals surface area contributed by atoms with Gasteiger partial charge < -0.3 is 24.7 Å². The van der Waals surface area contributed by atoms with Crippen molar-refractivity contribution >= 4 is 23.9 Å². The minimum absolute atomic E-state index is 0.387. The molecule has 0 radical (unpaired) electrons. The van der Waals surface area contributed by atoms with Crippen molar-refractivity contribution in [3.63, 3.8) is 0 Å². The van der Waals surface area contributed by atoms with Gasteiger partial charge in [-0.15, -0.1) is 0 Å². The Kier molecular flexibility index (Phi) is 10.8. The second-order valence-corrected chi connectivity index (χ2v) is 8.26. The van der Waals surface area contributed by atoms with Crippen LogP contribution in [0, 0.1) is 0 Å². The molecule has 0 aliphatic carbocycles. The zero-order valence-corrected chi connectivity index (χ0v) is 20.0. The van der Waals surface area contributed by atoms with Crippen molar-refractivity contribution in [1.82, 2.24) is 4.98 Å². The maximum atomic E-state index is 12.2. The van der Waals surface area contributed by atoms with Crippen LogP contribution in [0.2, 0.25) is 0 Å². The van der Waals surface area contributed by atoms with Gasteiger partial charge in [0.05, 0.1) is 26.4 Å². The Morgan fingerprint density at radius 2 is 1.55 bits per heavy atom. The van der Waals surface area contributed by atoms with E-state index in [4.69, 9.17) is 24.7 Å². The van der Waals surface area contributed by atoms with Gasteiger partial charge in [-0.3, -0.25) is 4.90 Å². The smallest absolute Gasteiger partial charge is 0.414 e. The molecular formula is C25H35N3O5. The Morgan fingerprint density at radius 3 is 2.15 bits per heavy atom. The Labute approximate surface area is 196 Å². The summed E-state index contributed by atoms with van der Waals surface area (Å²) in [6.45, 7) is 8.52. The van der Waals surface area contributed by atoms with Crippen molar-refractivity contribution in [3.8, 4) is 5.88 Å². The van der Waals surface area contributed by atoms with Gasteiger partial charge in [0, 0.05) is 31.5 Å². The third-order valence-electron chi connectivity index (χ3n) is 4.29. The summed E-state index contributed by atoms with van der Waals surface area (Å²) in [5, 5.41) is 0. The van der Waals surface area contributed by atoms with Crippen molar-refractivity contribution in [1.29, 1.82) is 0 Å². The molecule has 0 atom stereocenters. The molecule has 180 valence electrons. The molecule has 0 aliphatic rings. The van der Waals surface area contributed by atoms with E-state index in [0.29, 0.717) is 45.5 Å². The second-order valence-electron chi connectivity index (χ2n) is 8.26. The summed E-state index contributed by atoms with van der Waals surface area (Å²) in [7, 11) is 1.69. The van der Waals surface area contributed by atoms with Crippen LogP contribution in [-0.2, 0) is 14.2 Å². The first-order chi connectivity index (χ1) is 15.8. The standard InChI is InChI=1S/C25H35N3O5/c1-25(2,3)33-24(29)28(4)22-10-7-20(8-11-22)5-6-21-9-12-23(27-19-21)32-18-17-31-16-15-30-14-13-26/h5-12,19H,13-18,26H2,1-4H3/b6-5+. The number of rotatable bonds is 12. The molecule has 8 nitrogen and oxygen atoms in total. The van der Waals surface area contributed by atoms with Crippen LogP contribution in [0.15, 0.2) is 42.6 Å². The molecule has 1 amide bonds. The van der Waals surface area contributed by atoms with Gasteiger partial charge in [0.2, 0.25) is 5.88 Å². The summed E-state index contributed by atoms with van der Waals surface area (Å²) < 4.78 is 21.6.